The van der Waals surface area contributed by atoms with Gasteiger partial charge in [0.15, 0.2) is 0 Å². The number of nitrogens with zero attached hydrogens (tertiary/aromatic N) is 1. The minimum Gasteiger partial charge on any atom is -0.311 e. The van der Waals surface area contributed by atoms with Crippen LogP contribution < -0.4 is 10.0 Å². The molecule has 3 N–H and O–H groups in total. The van der Waals surface area contributed by atoms with E-state index < -0.39 is 10.0 Å². The van der Waals surface area contributed by atoms with Crippen molar-refractivity contribution in [2.45, 2.75) is 57.9 Å². The van der Waals surface area contributed by atoms with Crippen molar-refractivity contribution in [1.29, 1.82) is 0 Å². The number of aromatic nitrogens is 2. The largest absolute Gasteiger partial charge is 0.311 e. The zero-order valence-electron chi connectivity index (χ0n) is 13.1. The molecule has 1 aliphatic rings. The summed E-state index contributed by atoms with van der Waals surface area (Å²) in [5.41, 5.74) is 1.35. The van der Waals surface area contributed by atoms with Crippen LogP contribution >= 0.6 is 0 Å². The molecule has 0 atom stereocenters. The number of aromatic amines is 1. The van der Waals surface area contributed by atoms with E-state index in [1.807, 2.05) is 6.92 Å². The van der Waals surface area contributed by atoms with Crippen molar-refractivity contribution in [1.82, 2.24) is 20.2 Å². The second-order valence-electron chi connectivity index (χ2n) is 5.98. The third kappa shape index (κ3) is 3.84. The molecule has 0 saturated heterocycles. The van der Waals surface area contributed by atoms with Crippen LogP contribution in [0.1, 0.15) is 50.9 Å². The Kier molecular flexibility index (Phi) is 5.06. The molecule has 1 heterocycles. The number of rotatable bonds is 9. The minimum absolute atomic E-state index is 0.196. The van der Waals surface area contributed by atoms with Crippen LogP contribution in [-0.2, 0) is 16.6 Å². The fraction of sp³-hybridized carbons (Fsp3) is 0.786. The molecule has 0 aliphatic heterocycles. The van der Waals surface area contributed by atoms with Gasteiger partial charge in [-0.2, -0.15) is 5.10 Å². The summed E-state index contributed by atoms with van der Waals surface area (Å²) >= 11 is 0. The quantitative estimate of drug-likeness (QED) is 0.647. The predicted molar refractivity (Wildman–Crippen MR) is 82.5 cm³/mol. The van der Waals surface area contributed by atoms with Crippen LogP contribution in [0, 0.1) is 12.3 Å². The van der Waals surface area contributed by atoms with Gasteiger partial charge in [0.2, 0.25) is 10.0 Å². The van der Waals surface area contributed by atoms with Crippen molar-refractivity contribution >= 4 is 10.0 Å². The van der Waals surface area contributed by atoms with Gasteiger partial charge in [-0.3, -0.25) is 5.10 Å². The summed E-state index contributed by atoms with van der Waals surface area (Å²) in [5, 5.41) is 10.0. The van der Waals surface area contributed by atoms with Crippen LogP contribution in [0.4, 0.5) is 0 Å². The Morgan fingerprint density at radius 2 is 2.05 bits per heavy atom. The molecule has 1 aliphatic carbocycles. The van der Waals surface area contributed by atoms with E-state index in [9.17, 15) is 8.42 Å². The molecule has 1 aromatic heterocycles. The van der Waals surface area contributed by atoms with Crippen LogP contribution in [0.25, 0.3) is 0 Å². The van der Waals surface area contributed by atoms with Gasteiger partial charge in [0.05, 0.1) is 11.4 Å². The Hall–Kier alpha value is -0.920. The van der Waals surface area contributed by atoms with Gasteiger partial charge >= 0.3 is 0 Å². The highest BCUT2D eigenvalue weighted by Gasteiger charge is 2.42. The van der Waals surface area contributed by atoms with Gasteiger partial charge in [0.1, 0.15) is 4.90 Å². The van der Waals surface area contributed by atoms with Crippen LogP contribution in [0.5, 0.6) is 0 Å². The summed E-state index contributed by atoms with van der Waals surface area (Å²) in [4.78, 5) is 0.302. The van der Waals surface area contributed by atoms with Gasteiger partial charge in [0, 0.05) is 13.1 Å². The van der Waals surface area contributed by atoms with E-state index in [-0.39, 0.29) is 5.41 Å². The number of hydrogen-bond acceptors (Lipinski definition) is 4. The highest BCUT2D eigenvalue weighted by molar-refractivity contribution is 7.89. The normalized spacial score (nSPS) is 17.1. The average molecular weight is 314 g/mol. The van der Waals surface area contributed by atoms with Gasteiger partial charge in [0.25, 0.3) is 0 Å². The van der Waals surface area contributed by atoms with Gasteiger partial charge in [-0.15, -0.1) is 0 Å². The Bertz CT molecular complexity index is 576. The first-order valence-electron chi connectivity index (χ1n) is 7.68. The van der Waals surface area contributed by atoms with E-state index in [2.05, 4.69) is 27.2 Å². The lowest BCUT2D eigenvalue weighted by Crippen LogP contribution is -2.31. The molecule has 2 rings (SSSR count). The molecular formula is C14H26N4O2S. The van der Waals surface area contributed by atoms with Gasteiger partial charge in [-0.25, -0.2) is 13.1 Å². The fourth-order valence-electron chi connectivity index (χ4n) is 2.73. The molecule has 1 fully saturated rings. The second-order valence-corrected chi connectivity index (χ2v) is 7.68. The number of nitrogens with one attached hydrogen (secondary N) is 3. The number of aryl methyl sites for hydroxylation is 1. The smallest absolute Gasteiger partial charge is 0.244 e. The summed E-state index contributed by atoms with van der Waals surface area (Å²) in [5.74, 6) is 0. The summed E-state index contributed by atoms with van der Waals surface area (Å²) in [6.07, 6.45) is 4.43. The maximum atomic E-state index is 12.6. The molecule has 0 amide bonds. The zero-order chi connectivity index (χ0) is 15.5. The highest BCUT2D eigenvalue weighted by Crippen LogP contribution is 2.49. The maximum Gasteiger partial charge on any atom is 0.244 e. The molecular weight excluding hydrogens is 288 g/mol. The van der Waals surface area contributed by atoms with E-state index in [1.54, 1.807) is 6.92 Å². The standard InChI is InChI=1S/C14H26N4O2S/c1-4-6-14(7-8-14)10-16-21(19,20)13-11(3)17-18-12(13)9-15-5-2/h15-16H,4-10H2,1-3H3,(H,17,18). The van der Waals surface area contributed by atoms with Crippen molar-refractivity contribution in [3.63, 3.8) is 0 Å². The summed E-state index contributed by atoms with van der Waals surface area (Å²) < 4.78 is 27.9. The van der Waals surface area contributed by atoms with E-state index in [0.717, 1.165) is 32.2 Å². The zero-order valence-corrected chi connectivity index (χ0v) is 13.9. The van der Waals surface area contributed by atoms with Crippen molar-refractivity contribution in [3.8, 4) is 0 Å². The van der Waals surface area contributed by atoms with E-state index in [1.165, 1.54) is 0 Å². The summed E-state index contributed by atoms with van der Waals surface area (Å²) in [7, 11) is -3.50. The molecule has 0 unspecified atom stereocenters. The van der Waals surface area contributed by atoms with Gasteiger partial charge in [-0.1, -0.05) is 20.3 Å². The van der Waals surface area contributed by atoms with Crippen molar-refractivity contribution < 1.29 is 8.42 Å². The third-order valence-corrected chi connectivity index (χ3v) is 5.75. The first kappa shape index (κ1) is 16.5. The minimum atomic E-state index is -3.50. The molecule has 1 saturated carbocycles. The maximum absolute atomic E-state index is 12.6. The first-order valence-corrected chi connectivity index (χ1v) is 9.16. The molecule has 6 nitrogen and oxygen atoms in total. The van der Waals surface area contributed by atoms with Crippen molar-refractivity contribution in [2.24, 2.45) is 5.41 Å². The lowest BCUT2D eigenvalue weighted by Gasteiger charge is -2.15. The second kappa shape index (κ2) is 6.46. The van der Waals surface area contributed by atoms with Crippen LogP contribution in [0.2, 0.25) is 0 Å². The molecule has 0 radical (unpaired) electrons. The Morgan fingerprint density at radius 1 is 1.33 bits per heavy atom. The first-order chi connectivity index (χ1) is 9.94. The number of H-pyrrole nitrogens is 1. The molecule has 7 heteroatoms. The third-order valence-electron chi connectivity index (χ3n) is 4.15. The Morgan fingerprint density at radius 3 is 2.62 bits per heavy atom. The number of sulfonamides is 1. The molecule has 1 aromatic rings. The van der Waals surface area contributed by atoms with Crippen molar-refractivity contribution in [3.05, 3.63) is 11.4 Å². The van der Waals surface area contributed by atoms with Crippen molar-refractivity contribution in [2.75, 3.05) is 13.1 Å². The summed E-state index contributed by atoms with van der Waals surface area (Å²) in [6.45, 7) is 7.64. The van der Waals surface area contributed by atoms with E-state index in [4.69, 9.17) is 0 Å². The molecule has 0 aromatic carbocycles. The fourth-order valence-corrected chi connectivity index (χ4v) is 4.25. The van der Waals surface area contributed by atoms with E-state index >= 15 is 0 Å². The van der Waals surface area contributed by atoms with E-state index in [0.29, 0.717) is 29.4 Å². The van der Waals surface area contributed by atoms with Crippen LogP contribution in [0.3, 0.4) is 0 Å². The molecule has 0 bridgehead atoms. The molecule has 120 valence electrons. The predicted octanol–water partition coefficient (Wildman–Crippen LogP) is 1.69. The van der Waals surface area contributed by atoms with Gasteiger partial charge in [-0.05, 0) is 38.1 Å². The topological polar surface area (TPSA) is 86.9 Å². The number of hydrogen-bond donors (Lipinski definition) is 3. The van der Waals surface area contributed by atoms with Gasteiger partial charge < -0.3 is 5.32 Å². The summed E-state index contributed by atoms with van der Waals surface area (Å²) in [6, 6.07) is 0. The highest BCUT2D eigenvalue weighted by atomic mass is 32.2. The lowest BCUT2D eigenvalue weighted by molar-refractivity contribution is 0.449. The SMILES string of the molecule is CCCC1(CNS(=O)(=O)c2c(CNCC)n[nH]c2C)CC1. The molecule has 21 heavy (non-hydrogen) atoms. The Balaban J connectivity index is 2.10. The lowest BCUT2D eigenvalue weighted by atomic mass is 10.0. The van der Waals surface area contributed by atoms with Crippen LogP contribution in [-0.4, -0.2) is 31.7 Å². The Labute approximate surface area is 127 Å². The monoisotopic (exact) mass is 314 g/mol. The van der Waals surface area contributed by atoms with Crippen LogP contribution in [0.15, 0.2) is 4.90 Å². The average Bonchev–Trinajstić information content (AvgIpc) is 3.10. The molecule has 0 spiro atoms.